The molecule has 158 valence electrons. The van der Waals surface area contributed by atoms with Gasteiger partial charge in [0.1, 0.15) is 11.5 Å². The van der Waals surface area contributed by atoms with E-state index in [0.717, 1.165) is 6.42 Å². The maximum Gasteiger partial charge on any atom is 0.251 e. The molecule has 31 heavy (non-hydrogen) atoms. The van der Waals surface area contributed by atoms with Crippen LogP contribution in [0.15, 0.2) is 72.8 Å². The third-order valence-corrected chi connectivity index (χ3v) is 4.54. The average Bonchev–Trinajstić information content (AvgIpc) is 3.04. The van der Waals surface area contributed by atoms with Gasteiger partial charge in [-0.25, -0.2) is 0 Å². The largest absolute Gasteiger partial charge is 0.490 e. The van der Waals surface area contributed by atoms with E-state index in [1.807, 2.05) is 30.3 Å². The van der Waals surface area contributed by atoms with Crippen LogP contribution in [0.1, 0.15) is 16.8 Å². The molecule has 0 radical (unpaired) electrons. The van der Waals surface area contributed by atoms with Gasteiger partial charge in [-0.3, -0.25) is 9.59 Å². The molecule has 0 atom stereocenters. The second-order valence-corrected chi connectivity index (χ2v) is 6.88. The van der Waals surface area contributed by atoms with Crippen molar-refractivity contribution in [3.63, 3.8) is 0 Å². The molecule has 0 unspecified atom stereocenters. The first-order valence-corrected chi connectivity index (χ1v) is 9.98. The number of hydrogen-bond acceptors (Lipinski definition) is 5. The van der Waals surface area contributed by atoms with E-state index >= 15 is 0 Å². The smallest absolute Gasteiger partial charge is 0.251 e. The summed E-state index contributed by atoms with van der Waals surface area (Å²) in [5, 5.41) is 5.36. The van der Waals surface area contributed by atoms with E-state index in [2.05, 4.69) is 10.6 Å². The number of rotatable bonds is 6. The molecule has 0 saturated heterocycles. The fraction of sp³-hybridized carbons (Fsp3) is 0.167. The Morgan fingerprint density at radius 1 is 0.839 bits per heavy atom. The second kappa shape index (κ2) is 9.67. The summed E-state index contributed by atoms with van der Waals surface area (Å²) < 4.78 is 16.9. The normalized spacial score (nSPS) is 12.4. The first-order chi connectivity index (χ1) is 15.2. The van der Waals surface area contributed by atoms with Gasteiger partial charge in [0.25, 0.3) is 5.91 Å². The van der Waals surface area contributed by atoms with Crippen molar-refractivity contribution in [1.29, 1.82) is 0 Å². The van der Waals surface area contributed by atoms with Crippen LogP contribution in [0.3, 0.4) is 0 Å². The van der Waals surface area contributed by atoms with E-state index in [9.17, 15) is 9.59 Å². The monoisotopic (exact) mass is 418 g/mol. The lowest BCUT2D eigenvalue weighted by Crippen LogP contribution is -2.32. The Bertz CT molecular complexity index is 1050. The van der Waals surface area contributed by atoms with Crippen molar-refractivity contribution in [1.82, 2.24) is 5.32 Å². The highest BCUT2D eigenvalue weighted by Crippen LogP contribution is 2.32. The zero-order chi connectivity index (χ0) is 21.5. The Hall–Kier alpha value is -4.00. The van der Waals surface area contributed by atoms with E-state index < -0.39 is 0 Å². The van der Waals surface area contributed by atoms with Crippen LogP contribution in [0.4, 0.5) is 5.69 Å². The van der Waals surface area contributed by atoms with E-state index in [0.29, 0.717) is 47.5 Å². The van der Waals surface area contributed by atoms with Gasteiger partial charge in [0.2, 0.25) is 5.91 Å². The van der Waals surface area contributed by atoms with Gasteiger partial charge in [0.15, 0.2) is 11.5 Å². The van der Waals surface area contributed by atoms with Crippen LogP contribution in [-0.4, -0.2) is 31.6 Å². The number of para-hydroxylation sites is 1. The summed E-state index contributed by atoms with van der Waals surface area (Å²) in [5.74, 6) is 1.90. The molecule has 0 saturated carbocycles. The van der Waals surface area contributed by atoms with Gasteiger partial charge in [-0.2, -0.15) is 0 Å². The Labute approximate surface area is 179 Å². The van der Waals surface area contributed by atoms with Gasteiger partial charge in [0, 0.05) is 23.7 Å². The second-order valence-electron chi connectivity index (χ2n) is 6.88. The van der Waals surface area contributed by atoms with Crippen molar-refractivity contribution in [3.8, 4) is 23.0 Å². The van der Waals surface area contributed by atoms with E-state index in [4.69, 9.17) is 14.2 Å². The van der Waals surface area contributed by atoms with Gasteiger partial charge >= 0.3 is 0 Å². The zero-order valence-electron chi connectivity index (χ0n) is 16.8. The lowest BCUT2D eigenvalue weighted by atomic mass is 10.2. The van der Waals surface area contributed by atoms with Crippen molar-refractivity contribution >= 4 is 17.5 Å². The number of nitrogens with one attached hydrogen (secondary N) is 2. The van der Waals surface area contributed by atoms with Crippen molar-refractivity contribution in [2.75, 3.05) is 25.1 Å². The highest BCUT2D eigenvalue weighted by molar-refractivity contribution is 5.99. The number of anilines is 1. The van der Waals surface area contributed by atoms with Crippen molar-refractivity contribution in [2.45, 2.75) is 6.42 Å². The highest BCUT2D eigenvalue weighted by atomic mass is 16.5. The molecule has 1 heterocycles. The topological polar surface area (TPSA) is 85.9 Å². The third-order valence-electron chi connectivity index (χ3n) is 4.54. The van der Waals surface area contributed by atoms with Crippen LogP contribution < -0.4 is 24.8 Å². The molecule has 0 aromatic heterocycles. The number of carbonyl (C=O) groups excluding carboxylic acids is 2. The number of fused-ring (bicyclic) bond motifs is 1. The molecule has 0 spiro atoms. The fourth-order valence-corrected chi connectivity index (χ4v) is 3.01. The molecule has 0 bridgehead atoms. The van der Waals surface area contributed by atoms with Gasteiger partial charge in [-0.15, -0.1) is 0 Å². The lowest BCUT2D eigenvalue weighted by molar-refractivity contribution is -0.115. The standard InChI is InChI=1S/C24H22N2O5/c27-23(26-18-9-12-21-22(15-18)30-14-4-13-29-21)16-25-24(28)17-7-10-20(11-8-17)31-19-5-2-1-3-6-19/h1-3,5-12,15H,4,13-14,16H2,(H,25,28)(H,26,27). The fourth-order valence-electron chi connectivity index (χ4n) is 3.01. The number of ether oxygens (including phenoxy) is 3. The minimum atomic E-state index is -0.347. The molecular weight excluding hydrogens is 396 g/mol. The minimum Gasteiger partial charge on any atom is -0.490 e. The van der Waals surface area contributed by atoms with E-state index in [1.54, 1.807) is 42.5 Å². The summed E-state index contributed by atoms with van der Waals surface area (Å²) in [6.45, 7) is 1.01. The van der Waals surface area contributed by atoms with Crippen molar-refractivity contribution in [3.05, 3.63) is 78.4 Å². The Morgan fingerprint density at radius 2 is 1.55 bits per heavy atom. The number of benzene rings is 3. The number of carbonyl (C=O) groups is 2. The summed E-state index contributed by atoms with van der Waals surface area (Å²) in [6, 6.07) is 21.3. The van der Waals surface area contributed by atoms with Crippen molar-refractivity contribution in [2.24, 2.45) is 0 Å². The first-order valence-electron chi connectivity index (χ1n) is 9.98. The zero-order valence-corrected chi connectivity index (χ0v) is 16.8. The molecule has 3 aromatic rings. The van der Waals surface area contributed by atoms with E-state index in [1.165, 1.54) is 0 Å². The lowest BCUT2D eigenvalue weighted by Gasteiger charge is -2.11. The predicted octanol–water partition coefficient (Wildman–Crippen LogP) is 4.01. The SMILES string of the molecule is O=C(CNC(=O)c1ccc(Oc2ccccc2)cc1)Nc1ccc2c(c1)OCCCO2. The molecule has 2 amide bonds. The summed E-state index contributed by atoms with van der Waals surface area (Å²) in [7, 11) is 0. The number of amides is 2. The molecule has 1 aliphatic heterocycles. The maximum absolute atomic E-state index is 12.3. The molecule has 0 fully saturated rings. The van der Waals surface area contributed by atoms with Gasteiger partial charge in [-0.1, -0.05) is 18.2 Å². The van der Waals surface area contributed by atoms with E-state index in [-0.39, 0.29) is 18.4 Å². The maximum atomic E-state index is 12.3. The average molecular weight is 418 g/mol. The molecule has 7 nitrogen and oxygen atoms in total. The third kappa shape index (κ3) is 5.54. The Morgan fingerprint density at radius 3 is 2.32 bits per heavy atom. The molecular formula is C24H22N2O5. The van der Waals surface area contributed by atoms with Crippen LogP contribution >= 0.6 is 0 Å². The Balaban J connectivity index is 1.28. The van der Waals surface area contributed by atoms with Crippen LogP contribution in [-0.2, 0) is 4.79 Å². The molecule has 0 aliphatic carbocycles. The van der Waals surface area contributed by atoms with Crippen LogP contribution in [0.25, 0.3) is 0 Å². The summed E-state index contributed by atoms with van der Waals surface area (Å²) in [5.41, 5.74) is 1.01. The molecule has 7 heteroatoms. The quantitative estimate of drug-likeness (QED) is 0.632. The van der Waals surface area contributed by atoms with Crippen LogP contribution in [0.2, 0.25) is 0 Å². The number of hydrogen-bond donors (Lipinski definition) is 2. The molecule has 2 N–H and O–H groups in total. The predicted molar refractivity (Wildman–Crippen MR) is 116 cm³/mol. The first kappa shape index (κ1) is 20.3. The summed E-state index contributed by atoms with van der Waals surface area (Å²) in [6.07, 6.45) is 0.807. The van der Waals surface area contributed by atoms with Crippen molar-refractivity contribution < 1.29 is 23.8 Å². The van der Waals surface area contributed by atoms with Gasteiger partial charge in [-0.05, 0) is 48.5 Å². The minimum absolute atomic E-state index is 0.157. The van der Waals surface area contributed by atoms with Gasteiger partial charge in [0.05, 0.1) is 19.8 Å². The molecule has 4 rings (SSSR count). The Kier molecular flexibility index (Phi) is 6.32. The summed E-state index contributed by atoms with van der Waals surface area (Å²) in [4.78, 5) is 24.6. The van der Waals surface area contributed by atoms with Crippen LogP contribution in [0, 0.1) is 0 Å². The van der Waals surface area contributed by atoms with Gasteiger partial charge < -0.3 is 24.8 Å². The van der Waals surface area contributed by atoms with Crippen LogP contribution in [0.5, 0.6) is 23.0 Å². The molecule has 1 aliphatic rings. The highest BCUT2D eigenvalue weighted by Gasteiger charge is 2.13. The summed E-state index contributed by atoms with van der Waals surface area (Å²) >= 11 is 0. The molecule has 3 aromatic carbocycles.